The Kier molecular flexibility index (Phi) is 6.15. The Hall–Kier alpha value is -4.98. The van der Waals surface area contributed by atoms with Crippen LogP contribution < -0.4 is 10.6 Å². The number of imide groups is 1. The van der Waals surface area contributed by atoms with E-state index in [1.165, 1.54) is 11.2 Å². The molecule has 0 saturated heterocycles. The number of amides is 4. The Labute approximate surface area is 206 Å². The molecule has 0 saturated carbocycles. The SMILES string of the molecule is O=C(NCc1ccc(NC(=O)c2ccco2)cc1)c1cccc(CN2C(=O)c3ccccc3C2=O)c1. The number of benzene rings is 3. The van der Waals surface area contributed by atoms with E-state index < -0.39 is 0 Å². The minimum absolute atomic E-state index is 0.0820. The van der Waals surface area contributed by atoms with Crippen LogP contribution in [0.2, 0.25) is 0 Å². The number of hydrogen-bond donors (Lipinski definition) is 2. The van der Waals surface area contributed by atoms with E-state index in [0.29, 0.717) is 27.9 Å². The molecule has 0 radical (unpaired) electrons. The molecule has 0 aliphatic carbocycles. The summed E-state index contributed by atoms with van der Waals surface area (Å²) in [6.07, 6.45) is 1.43. The quantitative estimate of drug-likeness (QED) is 0.385. The third-order valence-corrected chi connectivity index (χ3v) is 5.82. The summed E-state index contributed by atoms with van der Waals surface area (Å²) in [7, 11) is 0. The second-order valence-electron chi connectivity index (χ2n) is 8.25. The van der Waals surface area contributed by atoms with Crippen molar-refractivity contribution in [3.8, 4) is 0 Å². The van der Waals surface area contributed by atoms with Crippen LogP contribution in [0.3, 0.4) is 0 Å². The molecule has 0 fully saturated rings. The monoisotopic (exact) mass is 479 g/mol. The normalized spacial score (nSPS) is 12.4. The lowest BCUT2D eigenvalue weighted by atomic mass is 10.1. The number of nitrogens with one attached hydrogen (secondary N) is 2. The molecule has 3 aromatic carbocycles. The van der Waals surface area contributed by atoms with Crippen LogP contribution in [0, 0.1) is 0 Å². The first-order chi connectivity index (χ1) is 17.5. The van der Waals surface area contributed by atoms with Crippen LogP contribution in [0.15, 0.2) is 95.6 Å². The zero-order valence-corrected chi connectivity index (χ0v) is 19.1. The molecule has 0 spiro atoms. The van der Waals surface area contributed by atoms with E-state index in [1.54, 1.807) is 84.9 Å². The van der Waals surface area contributed by atoms with Gasteiger partial charge in [0, 0.05) is 17.8 Å². The highest BCUT2D eigenvalue weighted by Crippen LogP contribution is 2.24. The molecule has 4 amide bonds. The molecule has 0 atom stereocenters. The van der Waals surface area contributed by atoms with Crippen molar-refractivity contribution in [2.75, 3.05) is 5.32 Å². The highest BCUT2D eigenvalue weighted by molar-refractivity contribution is 6.21. The van der Waals surface area contributed by atoms with Gasteiger partial charge in [-0.3, -0.25) is 24.1 Å². The Morgan fingerprint density at radius 2 is 1.47 bits per heavy atom. The van der Waals surface area contributed by atoms with Crippen molar-refractivity contribution in [1.29, 1.82) is 0 Å². The van der Waals surface area contributed by atoms with Crippen LogP contribution in [-0.4, -0.2) is 28.5 Å². The Morgan fingerprint density at radius 3 is 2.14 bits per heavy atom. The van der Waals surface area contributed by atoms with E-state index in [2.05, 4.69) is 10.6 Å². The van der Waals surface area contributed by atoms with Crippen LogP contribution in [0.4, 0.5) is 5.69 Å². The molecule has 8 heteroatoms. The fourth-order valence-electron chi connectivity index (χ4n) is 3.97. The van der Waals surface area contributed by atoms with Crippen molar-refractivity contribution in [2.24, 2.45) is 0 Å². The number of carbonyl (C=O) groups excluding carboxylic acids is 4. The summed E-state index contributed by atoms with van der Waals surface area (Å²) in [4.78, 5) is 51.2. The summed E-state index contributed by atoms with van der Waals surface area (Å²) < 4.78 is 5.07. The average Bonchev–Trinajstić information content (AvgIpc) is 3.53. The predicted octanol–water partition coefficient (Wildman–Crippen LogP) is 4.26. The molecular formula is C28H21N3O5. The van der Waals surface area contributed by atoms with Crippen molar-refractivity contribution in [3.63, 3.8) is 0 Å². The molecule has 1 aliphatic rings. The summed E-state index contributed by atoms with van der Waals surface area (Å²) in [5.74, 6) is -1.09. The lowest BCUT2D eigenvalue weighted by molar-refractivity contribution is 0.0642. The van der Waals surface area contributed by atoms with E-state index in [0.717, 1.165) is 5.56 Å². The summed E-state index contributed by atoms with van der Waals surface area (Å²) in [6.45, 7) is 0.368. The van der Waals surface area contributed by atoms with E-state index in [9.17, 15) is 19.2 Å². The summed E-state index contributed by atoms with van der Waals surface area (Å²) in [5.41, 5.74) is 3.33. The first-order valence-corrected chi connectivity index (χ1v) is 11.3. The largest absolute Gasteiger partial charge is 0.459 e. The summed E-state index contributed by atoms with van der Waals surface area (Å²) in [6, 6.07) is 23.9. The molecule has 8 nitrogen and oxygen atoms in total. The van der Waals surface area contributed by atoms with Crippen LogP contribution in [0.25, 0.3) is 0 Å². The number of rotatable bonds is 7. The molecule has 178 valence electrons. The van der Waals surface area contributed by atoms with Gasteiger partial charge in [-0.25, -0.2) is 0 Å². The van der Waals surface area contributed by atoms with Gasteiger partial charge in [-0.05, 0) is 59.7 Å². The highest BCUT2D eigenvalue weighted by Gasteiger charge is 2.35. The fraction of sp³-hybridized carbons (Fsp3) is 0.0714. The van der Waals surface area contributed by atoms with Crippen molar-refractivity contribution in [3.05, 3.63) is 125 Å². The van der Waals surface area contributed by atoms with Gasteiger partial charge in [-0.1, -0.05) is 36.4 Å². The van der Waals surface area contributed by atoms with Gasteiger partial charge in [0.2, 0.25) is 0 Å². The predicted molar refractivity (Wildman–Crippen MR) is 131 cm³/mol. The summed E-state index contributed by atoms with van der Waals surface area (Å²) >= 11 is 0. The fourth-order valence-corrected chi connectivity index (χ4v) is 3.97. The minimum Gasteiger partial charge on any atom is -0.459 e. The second kappa shape index (κ2) is 9.71. The van der Waals surface area contributed by atoms with Crippen LogP contribution in [0.1, 0.15) is 52.8 Å². The minimum atomic E-state index is -0.345. The first-order valence-electron chi connectivity index (χ1n) is 11.3. The average molecular weight is 479 g/mol. The van der Waals surface area contributed by atoms with Gasteiger partial charge in [0.25, 0.3) is 23.6 Å². The van der Waals surface area contributed by atoms with Gasteiger partial charge in [0.05, 0.1) is 23.9 Å². The Bertz CT molecular complexity index is 1420. The molecular weight excluding hydrogens is 458 g/mol. The van der Waals surface area contributed by atoms with Gasteiger partial charge >= 0.3 is 0 Å². The second-order valence-corrected chi connectivity index (χ2v) is 8.25. The van der Waals surface area contributed by atoms with Crippen LogP contribution in [0.5, 0.6) is 0 Å². The van der Waals surface area contributed by atoms with Crippen molar-refractivity contribution < 1.29 is 23.6 Å². The number of hydrogen-bond acceptors (Lipinski definition) is 5. The van der Waals surface area contributed by atoms with Gasteiger partial charge in [0.1, 0.15) is 0 Å². The van der Waals surface area contributed by atoms with Crippen LogP contribution in [-0.2, 0) is 13.1 Å². The number of anilines is 1. The van der Waals surface area contributed by atoms with E-state index in [1.807, 2.05) is 0 Å². The number of carbonyl (C=O) groups is 4. The molecule has 5 rings (SSSR count). The van der Waals surface area contributed by atoms with Gasteiger partial charge in [-0.2, -0.15) is 0 Å². The third kappa shape index (κ3) is 4.65. The van der Waals surface area contributed by atoms with Crippen molar-refractivity contribution in [1.82, 2.24) is 10.2 Å². The standard InChI is InChI=1S/C28H21N3O5/c32-25(29-16-18-10-12-21(13-11-18)30-26(33)24-9-4-14-36-24)20-6-3-5-19(15-20)17-31-27(34)22-7-1-2-8-23(22)28(31)35/h1-15H,16-17H2,(H,29,32)(H,30,33). The molecule has 0 bridgehead atoms. The maximum atomic E-state index is 12.7. The molecule has 1 aliphatic heterocycles. The van der Waals surface area contributed by atoms with Crippen LogP contribution >= 0.6 is 0 Å². The number of furan rings is 1. The molecule has 1 aromatic heterocycles. The number of fused-ring (bicyclic) bond motifs is 1. The highest BCUT2D eigenvalue weighted by atomic mass is 16.3. The van der Waals surface area contributed by atoms with Gasteiger partial charge < -0.3 is 15.1 Å². The first kappa shape index (κ1) is 22.8. The third-order valence-electron chi connectivity index (χ3n) is 5.82. The maximum Gasteiger partial charge on any atom is 0.291 e. The molecule has 0 unspecified atom stereocenters. The zero-order valence-electron chi connectivity index (χ0n) is 19.1. The summed E-state index contributed by atoms with van der Waals surface area (Å²) in [5, 5.41) is 5.60. The topological polar surface area (TPSA) is 109 Å². The van der Waals surface area contributed by atoms with Gasteiger partial charge in [-0.15, -0.1) is 0 Å². The van der Waals surface area contributed by atoms with E-state index in [4.69, 9.17) is 4.42 Å². The number of nitrogens with zero attached hydrogens (tertiary/aromatic N) is 1. The Balaban J connectivity index is 1.18. The molecule has 2 N–H and O–H groups in total. The Morgan fingerprint density at radius 1 is 0.750 bits per heavy atom. The smallest absolute Gasteiger partial charge is 0.291 e. The lowest BCUT2D eigenvalue weighted by Gasteiger charge is -2.14. The molecule has 4 aromatic rings. The molecule has 36 heavy (non-hydrogen) atoms. The van der Waals surface area contributed by atoms with Crippen molar-refractivity contribution in [2.45, 2.75) is 13.1 Å². The van der Waals surface area contributed by atoms with E-state index in [-0.39, 0.29) is 42.5 Å². The van der Waals surface area contributed by atoms with Crippen molar-refractivity contribution >= 4 is 29.3 Å². The zero-order chi connectivity index (χ0) is 25.1. The van der Waals surface area contributed by atoms with E-state index >= 15 is 0 Å². The van der Waals surface area contributed by atoms with Gasteiger partial charge in [0.15, 0.2) is 5.76 Å². The maximum absolute atomic E-state index is 12.7. The molecule has 2 heterocycles. The lowest BCUT2D eigenvalue weighted by Crippen LogP contribution is -2.29.